The Morgan fingerprint density at radius 2 is 2.21 bits per heavy atom. The number of nitrogens with one attached hydrogen (secondary N) is 2. The Bertz CT molecular complexity index is 284. The number of hydrogen-bond donors (Lipinski definition) is 2. The van der Waals surface area contributed by atoms with Gasteiger partial charge in [0.1, 0.15) is 0 Å². The maximum absolute atomic E-state index is 5.65. The van der Waals surface area contributed by atoms with Crippen LogP contribution in [0.1, 0.15) is 51.9 Å². The van der Waals surface area contributed by atoms with E-state index in [1.165, 1.54) is 51.5 Å². The van der Waals surface area contributed by atoms with E-state index >= 15 is 0 Å². The third-order valence-electron chi connectivity index (χ3n) is 5.51. The van der Waals surface area contributed by atoms with Gasteiger partial charge in [0, 0.05) is 25.2 Å². The SMILES string of the molecule is CCCC1(CNC2CCCC2C2COCCN2)CC1. The zero-order valence-electron chi connectivity index (χ0n) is 12.4. The molecule has 0 amide bonds. The van der Waals surface area contributed by atoms with E-state index in [1.807, 2.05) is 0 Å². The highest BCUT2D eigenvalue weighted by Crippen LogP contribution is 2.49. The zero-order valence-corrected chi connectivity index (χ0v) is 12.4. The minimum Gasteiger partial charge on any atom is -0.379 e. The Morgan fingerprint density at radius 3 is 2.89 bits per heavy atom. The van der Waals surface area contributed by atoms with Gasteiger partial charge in [-0.3, -0.25) is 0 Å². The summed E-state index contributed by atoms with van der Waals surface area (Å²) in [4.78, 5) is 0. The predicted molar refractivity (Wildman–Crippen MR) is 78.3 cm³/mol. The van der Waals surface area contributed by atoms with Crippen LogP contribution in [0.5, 0.6) is 0 Å². The molecule has 0 bridgehead atoms. The first-order valence-corrected chi connectivity index (χ1v) is 8.37. The Hall–Kier alpha value is -0.120. The van der Waals surface area contributed by atoms with Gasteiger partial charge in [-0.05, 0) is 43.4 Å². The summed E-state index contributed by atoms with van der Waals surface area (Å²) >= 11 is 0. The minimum atomic E-state index is 0.593. The largest absolute Gasteiger partial charge is 0.379 e. The van der Waals surface area contributed by atoms with Gasteiger partial charge in [0.2, 0.25) is 0 Å². The van der Waals surface area contributed by atoms with Gasteiger partial charge in [0.15, 0.2) is 0 Å². The molecule has 2 saturated carbocycles. The molecular weight excluding hydrogens is 236 g/mol. The van der Waals surface area contributed by atoms with E-state index in [0.717, 1.165) is 31.7 Å². The molecule has 3 unspecified atom stereocenters. The van der Waals surface area contributed by atoms with Crippen molar-refractivity contribution in [1.82, 2.24) is 10.6 Å². The van der Waals surface area contributed by atoms with Crippen molar-refractivity contribution in [1.29, 1.82) is 0 Å². The molecule has 0 aromatic carbocycles. The minimum absolute atomic E-state index is 0.593. The summed E-state index contributed by atoms with van der Waals surface area (Å²) < 4.78 is 5.65. The molecule has 3 aliphatic rings. The Balaban J connectivity index is 1.49. The van der Waals surface area contributed by atoms with Crippen molar-refractivity contribution in [2.24, 2.45) is 11.3 Å². The molecule has 1 heterocycles. The Morgan fingerprint density at radius 1 is 1.32 bits per heavy atom. The van der Waals surface area contributed by atoms with Crippen LogP contribution in [0.2, 0.25) is 0 Å². The molecule has 0 spiro atoms. The van der Waals surface area contributed by atoms with Gasteiger partial charge < -0.3 is 15.4 Å². The molecule has 0 aromatic heterocycles. The van der Waals surface area contributed by atoms with E-state index in [0.29, 0.717) is 11.5 Å². The Labute approximate surface area is 117 Å². The summed E-state index contributed by atoms with van der Waals surface area (Å²) in [5.74, 6) is 0.790. The van der Waals surface area contributed by atoms with Crippen molar-refractivity contribution >= 4 is 0 Å². The fourth-order valence-corrected chi connectivity index (χ4v) is 4.15. The second-order valence-corrected chi connectivity index (χ2v) is 6.97. The predicted octanol–water partition coefficient (Wildman–Crippen LogP) is 2.31. The third kappa shape index (κ3) is 3.32. The second kappa shape index (κ2) is 6.11. The lowest BCUT2D eigenvalue weighted by molar-refractivity contribution is 0.0521. The molecule has 3 fully saturated rings. The van der Waals surface area contributed by atoms with Crippen LogP contribution in [0, 0.1) is 11.3 Å². The fraction of sp³-hybridized carbons (Fsp3) is 1.00. The van der Waals surface area contributed by atoms with E-state index < -0.39 is 0 Å². The summed E-state index contributed by atoms with van der Waals surface area (Å²) in [5, 5.41) is 7.58. The second-order valence-electron chi connectivity index (χ2n) is 6.97. The van der Waals surface area contributed by atoms with E-state index in [1.54, 1.807) is 0 Å². The van der Waals surface area contributed by atoms with Crippen molar-refractivity contribution in [3.63, 3.8) is 0 Å². The van der Waals surface area contributed by atoms with Crippen LogP contribution in [-0.2, 0) is 4.74 Å². The lowest BCUT2D eigenvalue weighted by Gasteiger charge is -2.33. The van der Waals surface area contributed by atoms with Crippen molar-refractivity contribution in [3.8, 4) is 0 Å². The molecule has 19 heavy (non-hydrogen) atoms. The topological polar surface area (TPSA) is 33.3 Å². The van der Waals surface area contributed by atoms with Crippen LogP contribution in [0.3, 0.4) is 0 Å². The average molecular weight is 266 g/mol. The van der Waals surface area contributed by atoms with Crippen LogP contribution < -0.4 is 10.6 Å². The number of ether oxygens (including phenoxy) is 1. The molecular formula is C16H30N2O. The lowest BCUT2D eigenvalue weighted by Crippen LogP contribution is -2.51. The third-order valence-corrected chi connectivity index (χ3v) is 5.51. The van der Waals surface area contributed by atoms with Gasteiger partial charge in [-0.25, -0.2) is 0 Å². The van der Waals surface area contributed by atoms with Crippen LogP contribution in [0.15, 0.2) is 0 Å². The van der Waals surface area contributed by atoms with Crippen molar-refractivity contribution in [3.05, 3.63) is 0 Å². The maximum atomic E-state index is 5.65. The van der Waals surface area contributed by atoms with Gasteiger partial charge >= 0.3 is 0 Å². The van der Waals surface area contributed by atoms with Crippen molar-refractivity contribution < 1.29 is 4.74 Å². The summed E-state index contributed by atoms with van der Waals surface area (Å²) in [6, 6.07) is 1.32. The lowest BCUT2D eigenvalue weighted by atomic mass is 9.93. The highest BCUT2D eigenvalue weighted by atomic mass is 16.5. The monoisotopic (exact) mass is 266 g/mol. The molecule has 0 aromatic rings. The van der Waals surface area contributed by atoms with Crippen LogP contribution >= 0.6 is 0 Å². The molecule has 110 valence electrons. The first-order valence-electron chi connectivity index (χ1n) is 8.37. The molecule has 3 atom stereocenters. The summed E-state index contributed by atoms with van der Waals surface area (Å²) in [6.07, 6.45) is 9.80. The first-order chi connectivity index (χ1) is 9.33. The number of rotatable bonds is 6. The number of hydrogen-bond acceptors (Lipinski definition) is 3. The van der Waals surface area contributed by atoms with Gasteiger partial charge in [0.25, 0.3) is 0 Å². The molecule has 1 saturated heterocycles. The van der Waals surface area contributed by atoms with Crippen LogP contribution in [0.25, 0.3) is 0 Å². The molecule has 3 rings (SSSR count). The van der Waals surface area contributed by atoms with E-state index in [4.69, 9.17) is 4.74 Å². The molecule has 3 heteroatoms. The molecule has 1 aliphatic heterocycles. The van der Waals surface area contributed by atoms with Crippen LogP contribution in [0.4, 0.5) is 0 Å². The average Bonchev–Trinajstić information content (AvgIpc) is 3.05. The van der Waals surface area contributed by atoms with Crippen molar-refractivity contribution in [2.45, 2.75) is 64.0 Å². The van der Waals surface area contributed by atoms with Crippen LogP contribution in [-0.4, -0.2) is 38.4 Å². The quantitative estimate of drug-likeness (QED) is 0.774. The summed E-state index contributed by atoms with van der Waals surface area (Å²) in [6.45, 7) is 6.43. The van der Waals surface area contributed by atoms with Crippen molar-refractivity contribution in [2.75, 3.05) is 26.3 Å². The standard InChI is InChI=1S/C16H30N2O/c1-2-6-16(7-8-16)12-18-14-5-3-4-13(14)15-11-19-10-9-17-15/h13-15,17-18H,2-12H2,1H3. The van der Waals surface area contributed by atoms with E-state index in [9.17, 15) is 0 Å². The molecule has 2 N–H and O–H groups in total. The summed E-state index contributed by atoms with van der Waals surface area (Å²) in [7, 11) is 0. The molecule has 3 nitrogen and oxygen atoms in total. The Kier molecular flexibility index (Phi) is 4.45. The van der Waals surface area contributed by atoms with Gasteiger partial charge in [-0.1, -0.05) is 19.8 Å². The van der Waals surface area contributed by atoms with Gasteiger partial charge in [-0.15, -0.1) is 0 Å². The first kappa shape index (κ1) is 13.8. The van der Waals surface area contributed by atoms with Gasteiger partial charge in [0.05, 0.1) is 13.2 Å². The fourth-order valence-electron chi connectivity index (χ4n) is 4.15. The zero-order chi connectivity index (χ0) is 13.1. The highest BCUT2D eigenvalue weighted by molar-refractivity contribution is 4.98. The smallest absolute Gasteiger partial charge is 0.0623 e. The van der Waals surface area contributed by atoms with Gasteiger partial charge in [-0.2, -0.15) is 0 Å². The normalized spacial score (nSPS) is 37.4. The highest BCUT2D eigenvalue weighted by Gasteiger charge is 2.43. The molecule has 0 radical (unpaired) electrons. The summed E-state index contributed by atoms with van der Waals surface area (Å²) in [5.41, 5.74) is 0.679. The van der Waals surface area contributed by atoms with E-state index in [-0.39, 0.29) is 0 Å². The number of morpholine rings is 1. The molecule has 2 aliphatic carbocycles. The maximum Gasteiger partial charge on any atom is 0.0623 e. The van der Waals surface area contributed by atoms with E-state index in [2.05, 4.69) is 17.6 Å².